The van der Waals surface area contributed by atoms with Crippen LogP contribution >= 0.6 is 11.6 Å². The van der Waals surface area contributed by atoms with Crippen LogP contribution < -0.4 is 5.32 Å². The Labute approximate surface area is 96.8 Å². The van der Waals surface area contributed by atoms with Crippen LogP contribution in [0.15, 0.2) is 24.3 Å². The second-order valence-corrected chi connectivity index (χ2v) is 4.89. The minimum absolute atomic E-state index is 0.395. The smallest absolute Gasteiger partial charge is 0.0453 e. The maximum atomic E-state index is 6.23. The quantitative estimate of drug-likeness (QED) is 0.822. The third kappa shape index (κ3) is 2.35. The van der Waals surface area contributed by atoms with E-state index in [2.05, 4.69) is 24.4 Å². The molecule has 1 aromatic carbocycles. The molecular formula is C13H18ClN. The van der Waals surface area contributed by atoms with Gasteiger partial charge in [-0.15, -0.1) is 0 Å². The van der Waals surface area contributed by atoms with Crippen LogP contribution in [0.3, 0.4) is 0 Å². The van der Waals surface area contributed by atoms with E-state index in [-0.39, 0.29) is 0 Å². The molecule has 1 aromatic rings. The number of nitrogens with one attached hydrogen (secondary N) is 1. The van der Waals surface area contributed by atoms with Gasteiger partial charge in [0.2, 0.25) is 0 Å². The van der Waals surface area contributed by atoms with Gasteiger partial charge in [0, 0.05) is 11.1 Å². The summed E-state index contributed by atoms with van der Waals surface area (Å²) in [5.74, 6) is 1.56. The van der Waals surface area contributed by atoms with E-state index in [0.717, 1.165) is 10.9 Å². The van der Waals surface area contributed by atoms with Gasteiger partial charge < -0.3 is 5.32 Å². The third-order valence-electron chi connectivity index (χ3n) is 3.44. The third-order valence-corrected chi connectivity index (χ3v) is 3.79. The molecule has 1 fully saturated rings. The van der Waals surface area contributed by atoms with Crippen molar-refractivity contribution in [1.82, 2.24) is 5.32 Å². The second-order valence-electron chi connectivity index (χ2n) is 4.48. The maximum absolute atomic E-state index is 6.23. The number of benzene rings is 1. The fourth-order valence-electron chi connectivity index (χ4n) is 2.32. The second kappa shape index (κ2) is 4.54. The van der Waals surface area contributed by atoms with Gasteiger partial charge in [-0.25, -0.2) is 0 Å². The Hall–Kier alpha value is -0.530. The highest BCUT2D eigenvalue weighted by atomic mass is 35.5. The molecule has 0 heterocycles. The first kappa shape index (κ1) is 11.0. The van der Waals surface area contributed by atoms with Crippen molar-refractivity contribution in [3.8, 4) is 0 Å². The number of hydrogen-bond donors (Lipinski definition) is 1. The Balaban J connectivity index is 2.21. The van der Waals surface area contributed by atoms with Crippen LogP contribution in [0.25, 0.3) is 0 Å². The Morgan fingerprint density at radius 1 is 1.33 bits per heavy atom. The predicted octanol–water partition coefficient (Wildman–Crippen LogP) is 3.65. The van der Waals surface area contributed by atoms with Gasteiger partial charge in [0.1, 0.15) is 0 Å². The summed E-state index contributed by atoms with van der Waals surface area (Å²) in [5.41, 5.74) is 1.24. The summed E-state index contributed by atoms with van der Waals surface area (Å²) in [5, 5.41) is 4.27. The van der Waals surface area contributed by atoms with E-state index in [4.69, 9.17) is 11.6 Å². The molecular weight excluding hydrogens is 206 g/mol. The van der Waals surface area contributed by atoms with Gasteiger partial charge in [0.25, 0.3) is 0 Å². The van der Waals surface area contributed by atoms with Crippen molar-refractivity contribution >= 4 is 11.6 Å². The summed E-state index contributed by atoms with van der Waals surface area (Å²) >= 11 is 6.23. The van der Waals surface area contributed by atoms with Crippen LogP contribution in [0.1, 0.15) is 31.4 Å². The monoisotopic (exact) mass is 223 g/mol. The molecule has 0 spiro atoms. The minimum atomic E-state index is 0.395. The summed E-state index contributed by atoms with van der Waals surface area (Å²) in [6.07, 6.45) is 2.76. The van der Waals surface area contributed by atoms with Gasteiger partial charge in [0.05, 0.1) is 0 Å². The highest BCUT2D eigenvalue weighted by Crippen LogP contribution is 2.43. The summed E-state index contributed by atoms with van der Waals surface area (Å²) in [6, 6.07) is 8.54. The molecule has 0 aromatic heterocycles. The molecule has 0 saturated heterocycles. The zero-order valence-corrected chi connectivity index (χ0v) is 10.1. The summed E-state index contributed by atoms with van der Waals surface area (Å²) < 4.78 is 0. The highest BCUT2D eigenvalue weighted by molar-refractivity contribution is 6.31. The Bertz CT molecular complexity index is 333. The first-order valence-electron chi connectivity index (χ1n) is 5.65. The van der Waals surface area contributed by atoms with Gasteiger partial charge in [-0.2, -0.15) is 0 Å². The van der Waals surface area contributed by atoms with Crippen molar-refractivity contribution in [2.24, 2.45) is 11.8 Å². The largest absolute Gasteiger partial charge is 0.313 e. The molecule has 2 rings (SSSR count). The molecule has 1 nitrogen and oxygen atoms in total. The SMILES string of the molecule is CNC(c1ccccc1Cl)C(C)C1CC1. The molecule has 1 aliphatic rings. The minimum Gasteiger partial charge on any atom is -0.313 e. The van der Waals surface area contributed by atoms with E-state index in [9.17, 15) is 0 Å². The molecule has 2 heteroatoms. The molecule has 0 bridgehead atoms. The first-order valence-corrected chi connectivity index (χ1v) is 6.03. The Kier molecular flexibility index (Phi) is 3.32. The normalized spacial score (nSPS) is 19.9. The maximum Gasteiger partial charge on any atom is 0.0453 e. The van der Waals surface area contributed by atoms with Crippen molar-refractivity contribution < 1.29 is 0 Å². The average Bonchev–Trinajstić information content (AvgIpc) is 3.05. The average molecular weight is 224 g/mol. The molecule has 0 radical (unpaired) electrons. The van der Waals surface area contributed by atoms with E-state index < -0.39 is 0 Å². The predicted molar refractivity (Wildman–Crippen MR) is 65.1 cm³/mol. The van der Waals surface area contributed by atoms with Crippen LogP contribution in [0.2, 0.25) is 5.02 Å². The number of hydrogen-bond acceptors (Lipinski definition) is 1. The van der Waals surface area contributed by atoms with Gasteiger partial charge in [-0.1, -0.05) is 36.7 Å². The lowest BCUT2D eigenvalue weighted by molar-refractivity contribution is 0.369. The van der Waals surface area contributed by atoms with Gasteiger partial charge in [-0.05, 0) is 43.4 Å². The first-order chi connectivity index (χ1) is 7.24. The number of rotatable bonds is 4. The lowest BCUT2D eigenvalue weighted by atomic mass is 9.91. The van der Waals surface area contributed by atoms with Gasteiger partial charge in [-0.3, -0.25) is 0 Å². The molecule has 1 saturated carbocycles. The molecule has 0 amide bonds. The highest BCUT2D eigenvalue weighted by Gasteiger charge is 2.33. The van der Waals surface area contributed by atoms with Crippen LogP contribution in [-0.4, -0.2) is 7.05 Å². The standard InChI is InChI=1S/C13H18ClN/c1-9(10-7-8-10)13(15-2)11-5-3-4-6-12(11)14/h3-6,9-10,13,15H,7-8H2,1-2H3. The summed E-state index contributed by atoms with van der Waals surface area (Å²) in [7, 11) is 2.02. The topological polar surface area (TPSA) is 12.0 Å². The van der Waals surface area contributed by atoms with E-state index in [1.54, 1.807) is 0 Å². The fraction of sp³-hybridized carbons (Fsp3) is 0.538. The van der Waals surface area contributed by atoms with E-state index in [0.29, 0.717) is 12.0 Å². The van der Waals surface area contributed by atoms with Crippen LogP contribution in [-0.2, 0) is 0 Å². The lowest BCUT2D eigenvalue weighted by Crippen LogP contribution is -2.25. The molecule has 2 atom stereocenters. The molecule has 82 valence electrons. The van der Waals surface area contributed by atoms with Crippen molar-refractivity contribution in [3.63, 3.8) is 0 Å². The molecule has 0 aliphatic heterocycles. The van der Waals surface area contributed by atoms with E-state index in [1.165, 1.54) is 18.4 Å². The fourth-order valence-corrected chi connectivity index (χ4v) is 2.58. The summed E-state index contributed by atoms with van der Waals surface area (Å²) in [6.45, 7) is 2.32. The molecule has 1 aliphatic carbocycles. The summed E-state index contributed by atoms with van der Waals surface area (Å²) in [4.78, 5) is 0. The van der Waals surface area contributed by atoms with Crippen LogP contribution in [0.4, 0.5) is 0 Å². The van der Waals surface area contributed by atoms with E-state index >= 15 is 0 Å². The Morgan fingerprint density at radius 2 is 2.00 bits per heavy atom. The van der Waals surface area contributed by atoms with Crippen molar-refractivity contribution in [2.75, 3.05) is 7.05 Å². The van der Waals surface area contributed by atoms with Gasteiger partial charge >= 0.3 is 0 Å². The zero-order valence-electron chi connectivity index (χ0n) is 9.33. The van der Waals surface area contributed by atoms with E-state index in [1.807, 2.05) is 19.2 Å². The zero-order chi connectivity index (χ0) is 10.8. The van der Waals surface area contributed by atoms with Gasteiger partial charge in [0.15, 0.2) is 0 Å². The van der Waals surface area contributed by atoms with Crippen LogP contribution in [0.5, 0.6) is 0 Å². The van der Waals surface area contributed by atoms with Crippen molar-refractivity contribution in [1.29, 1.82) is 0 Å². The lowest BCUT2D eigenvalue weighted by Gasteiger charge is -2.24. The molecule has 15 heavy (non-hydrogen) atoms. The molecule has 2 unspecified atom stereocenters. The van der Waals surface area contributed by atoms with Crippen molar-refractivity contribution in [3.05, 3.63) is 34.9 Å². The van der Waals surface area contributed by atoms with Crippen LogP contribution in [0, 0.1) is 11.8 Å². The number of halogens is 1. The molecule has 1 N–H and O–H groups in total. The Morgan fingerprint density at radius 3 is 2.53 bits per heavy atom. The van der Waals surface area contributed by atoms with Crippen molar-refractivity contribution in [2.45, 2.75) is 25.8 Å².